The third-order valence-corrected chi connectivity index (χ3v) is 7.19. The maximum absolute atomic E-state index is 13.2. The van der Waals surface area contributed by atoms with Crippen LogP contribution in [0.2, 0.25) is 0 Å². The Bertz CT molecular complexity index is 1100. The average Bonchev–Trinajstić information content (AvgIpc) is 2.88. The van der Waals surface area contributed by atoms with Crippen molar-refractivity contribution in [3.05, 3.63) is 58.7 Å². The Labute approximate surface area is 215 Å². The van der Waals surface area contributed by atoms with Crippen molar-refractivity contribution in [1.29, 1.82) is 0 Å². The van der Waals surface area contributed by atoms with Crippen LogP contribution >= 0.6 is 0 Å². The van der Waals surface area contributed by atoms with Crippen molar-refractivity contribution in [3.8, 4) is 11.5 Å². The molecule has 0 saturated carbocycles. The van der Waals surface area contributed by atoms with Gasteiger partial charge in [-0.1, -0.05) is 12.1 Å². The highest BCUT2D eigenvalue weighted by Crippen LogP contribution is 2.42. The van der Waals surface area contributed by atoms with E-state index in [-0.39, 0.29) is 18.0 Å². The molecule has 2 aromatic rings. The predicted octanol–water partition coefficient (Wildman–Crippen LogP) is 4.23. The molecule has 194 valence electrons. The standard InChI is InChI=1S/C29H39N3O4/c1-7-36-27-16-22-23(17-26(27)35-6)28(30-25-12-13-31(4)18-24(22)25)20-8-10-21(11-9-20)29(33)32(19(2)3)14-15-34-5/h8-11,16-17,19,24-25H,7,12-15,18H2,1-6H3/t24-,25-/m1/s1. The molecule has 0 bridgehead atoms. The lowest BCUT2D eigenvalue weighted by molar-refractivity contribution is 0.0635. The Kier molecular flexibility index (Phi) is 8.32. The molecule has 0 unspecified atom stereocenters. The zero-order valence-corrected chi connectivity index (χ0v) is 22.4. The Morgan fingerprint density at radius 3 is 2.56 bits per heavy atom. The second-order valence-corrected chi connectivity index (χ2v) is 9.89. The Morgan fingerprint density at radius 2 is 1.92 bits per heavy atom. The molecular formula is C29H39N3O4. The number of ether oxygens (including phenoxy) is 3. The first-order valence-electron chi connectivity index (χ1n) is 12.9. The van der Waals surface area contributed by atoms with E-state index >= 15 is 0 Å². The van der Waals surface area contributed by atoms with Gasteiger partial charge in [0.15, 0.2) is 11.5 Å². The van der Waals surface area contributed by atoms with Gasteiger partial charge in [-0.25, -0.2) is 0 Å². The summed E-state index contributed by atoms with van der Waals surface area (Å²) < 4.78 is 16.8. The van der Waals surface area contributed by atoms with Gasteiger partial charge in [-0.15, -0.1) is 0 Å². The van der Waals surface area contributed by atoms with Crippen LogP contribution in [0.3, 0.4) is 0 Å². The van der Waals surface area contributed by atoms with E-state index < -0.39 is 0 Å². The number of fused-ring (bicyclic) bond motifs is 3. The molecule has 0 N–H and O–H groups in total. The lowest BCUT2D eigenvalue weighted by atomic mass is 9.79. The number of nitrogens with zero attached hydrogens (tertiary/aromatic N) is 3. The van der Waals surface area contributed by atoms with E-state index in [4.69, 9.17) is 19.2 Å². The predicted molar refractivity (Wildman–Crippen MR) is 143 cm³/mol. The van der Waals surface area contributed by atoms with E-state index in [1.807, 2.05) is 49.9 Å². The molecule has 0 spiro atoms. The largest absolute Gasteiger partial charge is 0.493 e. The average molecular weight is 494 g/mol. The molecule has 2 heterocycles. The minimum absolute atomic E-state index is 0.0120. The molecule has 1 fully saturated rings. The number of methoxy groups -OCH3 is 2. The summed E-state index contributed by atoms with van der Waals surface area (Å²) in [5, 5.41) is 0. The van der Waals surface area contributed by atoms with Gasteiger partial charge in [-0.2, -0.15) is 0 Å². The second kappa shape index (κ2) is 11.4. The van der Waals surface area contributed by atoms with Crippen LogP contribution in [-0.2, 0) is 4.74 Å². The molecule has 7 heteroatoms. The number of likely N-dealkylation sites (tertiary alicyclic amines) is 1. The zero-order valence-electron chi connectivity index (χ0n) is 22.4. The molecule has 0 aliphatic carbocycles. The number of carbonyl (C=O) groups is 1. The molecular weight excluding hydrogens is 454 g/mol. The summed E-state index contributed by atoms with van der Waals surface area (Å²) in [6, 6.07) is 12.4. The number of hydrogen-bond acceptors (Lipinski definition) is 6. The molecule has 7 nitrogen and oxygen atoms in total. The van der Waals surface area contributed by atoms with Gasteiger partial charge in [-0.05, 0) is 70.6 Å². The first-order chi connectivity index (χ1) is 17.4. The molecule has 1 saturated heterocycles. The van der Waals surface area contributed by atoms with Crippen molar-refractivity contribution in [2.45, 2.75) is 45.2 Å². The van der Waals surface area contributed by atoms with Crippen LogP contribution in [-0.4, -0.2) is 87.6 Å². The van der Waals surface area contributed by atoms with Crippen LogP contribution < -0.4 is 9.47 Å². The van der Waals surface area contributed by atoms with Crippen LogP contribution in [0.25, 0.3) is 0 Å². The van der Waals surface area contributed by atoms with Crippen LogP contribution in [0, 0.1) is 0 Å². The summed E-state index contributed by atoms with van der Waals surface area (Å²) in [4.78, 5) is 22.7. The lowest BCUT2D eigenvalue weighted by Crippen LogP contribution is -2.42. The smallest absolute Gasteiger partial charge is 0.254 e. The fraction of sp³-hybridized carbons (Fsp3) is 0.517. The van der Waals surface area contributed by atoms with Crippen LogP contribution in [0.5, 0.6) is 11.5 Å². The third kappa shape index (κ3) is 5.27. The zero-order chi connectivity index (χ0) is 25.8. The Balaban J connectivity index is 1.71. The molecule has 0 aromatic heterocycles. The molecule has 2 aromatic carbocycles. The molecule has 4 rings (SSSR count). The summed E-state index contributed by atoms with van der Waals surface area (Å²) in [5.74, 6) is 1.81. The van der Waals surface area contributed by atoms with E-state index in [1.165, 1.54) is 5.56 Å². The third-order valence-electron chi connectivity index (χ3n) is 7.19. The maximum atomic E-state index is 13.2. The highest BCUT2D eigenvalue weighted by Gasteiger charge is 2.36. The van der Waals surface area contributed by atoms with Crippen molar-refractivity contribution in [2.75, 3.05) is 54.1 Å². The quantitative estimate of drug-likeness (QED) is 0.523. The van der Waals surface area contributed by atoms with E-state index in [1.54, 1.807) is 14.2 Å². The van der Waals surface area contributed by atoms with Crippen molar-refractivity contribution in [2.24, 2.45) is 4.99 Å². The monoisotopic (exact) mass is 493 g/mol. The summed E-state index contributed by atoms with van der Waals surface area (Å²) in [6.45, 7) is 9.69. The Hall–Kier alpha value is -2.90. The minimum Gasteiger partial charge on any atom is -0.493 e. The van der Waals surface area contributed by atoms with Gasteiger partial charge in [0.25, 0.3) is 5.91 Å². The topological polar surface area (TPSA) is 63.6 Å². The highest BCUT2D eigenvalue weighted by atomic mass is 16.5. The molecule has 36 heavy (non-hydrogen) atoms. The van der Waals surface area contributed by atoms with Crippen LogP contribution in [0.15, 0.2) is 41.4 Å². The van der Waals surface area contributed by atoms with Crippen molar-refractivity contribution >= 4 is 11.6 Å². The number of hydrogen-bond donors (Lipinski definition) is 0. The summed E-state index contributed by atoms with van der Waals surface area (Å²) in [6.07, 6.45) is 1.01. The van der Waals surface area contributed by atoms with Crippen molar-refractivity contribution < 1.29 is 19.0 Å². The van der Waals surface area contributed by atoms with E-state index in [2.05, 4.69) is 24.1 Å². The minimum atomic E-state index is 0.0120. The number of aliphatic imine (C=N–C) groups is 1. The van der Waals surface area contributed by atoms with E-state index in [0.29, 0.717) is 37.0 Å². The number of amides is 1. The number of piperidine rings is 1. The normalized spacial score (nSPS) is 19.4. The molecule has 1 amide bonds. The highest BCUT2D eigenvalue weighted by molar-refractivity contribution is 6.15. The van der Waals surface area contributed by atoms with Crippen molar-refractivity contribution in [3.63, 3.8) is 0 Å². The summed E-state index contributed by atoms with van der Waals surface area (Å²) in [7, 11) is 5.50. The molecule has 2 atom stereocenters. The first-order valence-corrected chi connectivity index (χ1v) is 12.9. The van der Waals surface area contributed by atoms with Gasteiger partial charge in [-0.3, -0.25) is 9.79 Å². The lowest BCUT2D eigenvalue weighted by Gasteiger charge is -2.39. The SMILES string of the molecule is CCOc1cc2c(cc1OC)C(c1ccc(C(=O)N(CCOC)C(C)C)cc1)=N[C@@H]1CCN(C)C[C@H]21. The first kappa shape index (κ1) is 26.2. The van der Waals surface area contributed by atoms with Crippen LogP contribution in [0.4, 0.5) is 0 Å². The molecule has 0 radical (unpaired) electrons. The fourth-order valence-electron chi connectivity index (χ4n) is 5.26. The molecule has 2 aliphatic heterocycles. The number of carbonyl (C=O) groups excluding carboxylic acids is 1. The second-order valence-electron chi connectivity index (χ2n) is 9.89. The maximum Gasteiger partial charge on any atom is 0.254 e. The number of benzene rings is 2. The van der Waals surface area contributed by atoms with Gasteiger partial charge in [0.1, 0.15) is 0 Å². The Morgan fingerprint density at radius 1 is 1.17 bits per heavy atom. The summed E-state index contributed by atoms with van der Waals surface area (Å²) in [5.41, 5.74) is 4.96. The van der Waals surface area contributed by atoms with E-state index in [9.17, 15) is 4.79 Å². The molecule has 2 aliphatic rings. The fourth-order valence-corrected chi connectivity index (χ4v) is 5.26. The van der Waals surface area contributed by atoms with Crippen molar-refractivity contribution in [1.82, 2.24) is 9.80 Å². The number of rotatable bonds is 9. The van der Waals surface area contributed by atoms with E-state index in [0.717, 1.165) is 42.1 Å². The van der Waals surface area contributed by atoms with Gasteiger partial charge in [0, 0.05) is 48.8 Å². The van der Waals surface area contributed by atoms with Gasteiger partial charge in [0.2, 0.25) is 0 Å². The van der Waals surface area contributed by atoms with Gasteiger partial charge in [0.05, 0.1) is 32.1 Å². The van der Waals surface area contributed by atoms with Gasteiger partial charge < -0.3 is 24.0 Å². The van der Waals surface area contributed by atoms with Crippen LogP contribution in [0.1, 0.15) is 60.2 Å². The van der Waals surface area contributed by atoms with Gasteiger partial charge >= 0.3 is 0 Å². The summed E-state index contributed by atoms with van der Waals surface area (Å²) >= 11 is 0. The number of likely N-dealkylation sites (N-methyl/N-ethyl adjacent to an activating group) is 1.